The third-order valence-electron chi connectivity index (χ3n) is 2.89. The van der Waals surface area contributed by atoms with Gasteiger partial charge < -0.3 is 19.7 Å². The van der Waals surface area contributed by atoms with E-state index in [4.69, 9.17) is 21.1 Å². The van der Waals surface area contributed by atoms with Crippen LogP contribution in [-0.2, 0) is 0 Å². The third kappa shape index (κ3) is 3.86. The fourth-order valence-electron chi connectivity index (χ4n) is 1.93. The molecule has 1 aromatic rings. The van der Waals surface area contributed by atoms with E-state index >= 15 is 0 Å². The number of nitrogens with one attached hydrogen (secondary N) is 1. The Bertz CT molecular complexity index is 460. The number of urea groups is 1. The Morgan fingerprint density at radius 1 is 1.55 bits per heavy atom. The molecule has 1 fully saturated rings. The van der Waals surface area contributed by atoms with E-state index in [1.165, 1.54) is 19.5 Å². The van der Waals surface area contributed by atoms with E-state index < -0.39 is 0 Å². The third-order valence-corrected chi connectivity index (χ3v) is 3.08. The first kappa shape index (κ1) is 14.6. The number of carbonyl (C=O) groups excluding carboxylic acids is 1. The number of aromatic nitrogens is 2. The minimum absolute atomic E-state index is 0.0850. The summed E-state index contributed by atoms with van der Waals surface area (Å²) in [5, 5.41) is 2.73. The van der Waals surface area contributed by atoms with Crippen molar-refractivity contribution >= 4 is 17.6 Å². The Morgan fingerprint density at radius 2 is 2.35 bits per heavy atom. The number of ether oxygens (including phenoxy) is 2. The van der Waals surface area contributed by atoms with E-state index in [0.29, 0.717) is 37.3 Å². The molecule has 0 aliphatic carbocycles. The van der Waals surface area contributed by atoms with E-state index in [1.54, 1.807) is 4.90 Å². The molecule has 0 spiro atoms. The molecule has 1 aliphatic rings. The van der Waals surface area contributed by atoms with Crippen molar-refractivity contribution in [1.29, 1.82) is 0 Å². The second kappa shape index (κ2) is 7.14. The highest BCUT2D eigenvalue weighted by molar-refractivity contribution is 6.18. The number of rotatable bonds is 5. The smallest absolute Gasteiger partial charge is 0.317 e. The molecule has 0 bridgehead atoms. The maximum atomic E-state index is 11.8. The van der Waals surface area contributed by atoms with Crippen LogP contribution in [0.1, 0.15) is 6.42 Å². The zero-order chi connectivity index (χ0) is 14.4. The quantitative estimate of drug-likeness (QED) is 0.817. The van der Waals surface area contributed by atoms with Crippen molar-refractivity contribution in [2.75, 3.05) is 32.6 Å². The second-order valence-corrected chi connectivity index (χ2v) is 4.67. The monoisotopic (exact) mass is 300 g/mol. The van der Waals surface area contributed by atoms with Gasteiger partial charge in [-0.1, -0.05) is 0 Å². The van der Waals surface area contributed by atoms with Gasteiger partial charge in [-0.2, -0.15) is 4.98 Å². The van der Waals surface area contributed by atoms with Gasteiger partial charge in [0.05, 0.1) is 26.0 Å². The predicted octanol–water partition coefficient (Wildman–Crippen LogP) is 0.887. The maximum absolute atomic E-state index is 11.8. The van der Waals surface area contributed by atoms with Crippen molar-refractivity contribution in [3.63, 3.8) is 0 Å². The molecule has 1 N–H and O–H groups in total. The average Bonchev–Trinajstić information content (AvgIpc) is 2.93. The molecule has 2 amide bonds. The molecule has 1 aliphatic heterocycles. The van der Waals surface area contributed by atoms with Gasteiger partial charge >= 0.3 is 6.03 Å². The largest absolute Gasteiger partial charge is 0.480 e. The number of hydrogen-bond acceptors (Lipinski definition) is 5. The Kier molecular flexibility index (Phi) is 5.23. The number of amides is 2. The summed E-state index contributed by atoms with van der Waals surface area (Å²) in [6, 6.07) is -0.117. The molecule has 2 rings (SSSR count). The topological polar surface area (TPSA) is 76.6 Å². The van der Waals surface area contributed by atoms with Gasteiger partial charge in [0.2, 0.25) is 11.8 Å². The van der Waals surface area contributed by atoms with Crippen LogP contribution in [0.4, 0.5) is 4.79 Å². The molecule has 20 heavy (non-hydrogen) atoms. The number of methoxy groups -OCH3 is 1. The lowest BCUT2D eigenvalue weighted by Gasteiger charge is -2.17. The zero-order valence-electron chi connectivity index (χ0n) is 11.2. The Labute approximate surface area is 122 Å². The van der Waals surface area contributed by atoms with Crippen molar-refractivity contribution < 1.29 is 14.3 Å². The highest BCUT2D eigenvalue weighted by Gasteiger charge is 2.27. The van der Waals surface area contributed by atoms with Crippen LogP contribution in [0, 0.1) is 0 Å². The van der Waals surface area contributed by atoms with Crippen molar-refractivity contribution in [3.05, 3.63) is 12.4 Å². The summed E-state index contributed by atoms with van der Waals surface area (Å²) in [7, 11) is 1.52. The molecule has 8 heteroatoms. The van der Waals surface area contributed by atoms with E-state index in [1.807, 2.05) is 0 Å². The van der Waals surface area contributed by atoms with E-state index in [0.717, 1.165) is 6.42 Å². The number of nitrogens with zero attached hydrogens (tertiary/aromatic N) is 3. The first-order chi connectivity index (χ1) is 9.72. The molecule has 1 saturated heterocycles. The molecule has 0 radical (unpaired) electrons. The fourth-order valence-corrected chi connectivity index (χ4v) is 2.03. The molecule has 1 unspecified atom stereocenters. The van der Waals surface area contributed by atoms with Gasteiger partial charge in [0, 0.05) is 25.4 Å². The van der Waals surface area contributed by atoms with Crippen LogP contribution in [0.5, 0.6) is 11.8 Å². The highest BCUT2D eigenvalue weighted by Crippen LogP contribution is 2.17. The zero-order valence-corrected chi connectivity index (χ0v) is 12.0. The van der Waals surface area contributed by atoms with Crippen LogP contribution in [0.3, 0.4) is 0 Å². The normalized spacial score (nSPS) is 17.9. The molecule has 2 heterocycles. The second-order valence-electron chi connectivity index (χ2n) is 4.30. The van der Waals surface area contributed by atoms with Gasteiger partial charge in [0.25, 0.3) is 0 Å². The fraction of sp³-hybridized carbons (Fsp3) is 0.583. The van der Waals surface area contributed by atoms with Crippen molar-refractivity contribution in [1.82, 2.24) is 20.2 Å². The molecule has 0 saturated carbocycles. The Hall–Kier alpha value is -1.76. The van der Waals surface area contributed by atoms with Gasteiger partial charge in [-0.15, -0.1) is 11.6 Å². The van der Waals surface area contributed by atoms with Crippen molar-refractivity contribution in [3.8, 4) is 11.8 Å². The number of alkyl halides is 1. The number of likely N-dealkylation sites (tertiary alicyclic amines) is 1. The summed E-state index contributed by atoms with van der Waals surface area (Å²) in [4.78, 5) is 21.6. The summed E-state index contributed by atoms with van der Waals surface area (Å²) in [6.45, 7) is 1.63. The summed E-state index contributed by atoms with van der Waals surface area (Å²) in [5.74, 6) is 1.20. The maximum Gasteiger partial charge on any atom is 0.317 e. The molecule has 1 aromatic heterocycles. The van der Waals surface area contributed by atoms with Crippen molar-refractivity contribution in [2.24, 2.45) is 0 Å². The SMILES string of the molecule is COc1cncc(OC2CCN(C(=O)NCCCl)C2)n1. The lowest BCUT2D eigenvalue weighted by molar-refractivity contribution is 0.182. The molecular weight excluding hydrogens is 284 g/mol. The van der Waals surface area contributed by atoms with Crippen LogP contribution in [0.2, 0.25) is 0 Å². The summed E-state index contributed by atoms with van der Waals surface area (Å²) >= 11 is 5.53. The first-order valence-corrected chi connectivity index (χ1v) is 6.88. The predicted molar refractivity (Wildman–Crippen MR) is 73.3 cm³/mol. The van der Waals surface area contributed by atoms with Gasteiger partial charge in [0.1, 0.15) is 6.10 Å². The minimum Gasteiger partial charge on any atom is -0.480 e. The Morgan fingerprint density at radius 3 is 3.10 bits per heavy atom. The van der Waals surface area contributed by atoms with Gasteiger partial charge in [0.15, 0.2) is 0 Å². The molecule has 110 valence electrons. The van der Waals surface area contributed by atoms with Crippen LogP contribution >= 0.6 is 11.6 Å². The van der Waals surface area contributed by atoms with E-state index in [-0.39, 0.29) is 12.1 Å². The first-order valence-electron chi connectivity index (χ1n) is 6.34. The summed E-state index contributed by atoms with van der Waals surface area (Å²) in [6.07, 6.45) is 3.71. The van der Waals surface area contributed by atoms with Crippen LogP contribution in [-0.4, -0.2) is 59.6 Å². The van der Waals surface area contributed by atoms with E-state index in [2.05, 4.69) is 15.3 Å². The summed E-state index contributed by atoms with van der Waals surface area (Å²) in [5.41, 5.74) is 0. The number of hydrogen-bond donors (Lipinski definition) is 1. The minimum atomic E-state index is -0.117. The van der Waals surface area contributed by atoms with Crippen LogP contribution in [0.15, 0.2) is 12.4 Å². The van der Waals surface area contributed by atoms with E-state index in [9.17, 15) is 4.79 Å². The lowest BCUT2D eigenvalue weighted by atomic mass is 10.3. The summed E-state index contributed by atoms with van der Waals surface area (Å²) < 4.78 is 10.7. The number of halogens is 1. The molecule has 1 atom stereocenters. The standard InChI is InChI=1S/C12H17ClN4O3/c1-19-10-6-14-7-11(16-10)20-9-2-5-17(8-9)12(18)15-4-3-13/h6-7,9H,2-5,8H2,1H3,(H,15,18). The molecular formula is C12H17ClN4O3. The number of carbonyl (C=O) groups is 1. The van der Waals surface area contributed by atoms with Crippen LogP contribution in [0.25, 0.3) is 0 Å². The molecule has 0 aromatic carbocycles. The Balaban J connectivity index is 1.85. The van der Waals surface area contributed by atoms with Crippen LogP contribution < -0.4 is 14.8 Å². The van der Waals surface area contributed by atoms with Gasteiger partial charge in [-0.3, -0.25) is 4.98 Å². The highest BCUT2D eigenvalue weighted by atomic mass is 35.5. The average molecular weight is 301 g/mol. The van der Waals surface area contributed by atoms with Gasteiger partial charge in [-0.25, -0.2) is 4.79 Å². The van der Waals surface area contributed by atoms with Gasteiger partial charge in [-0.05, 0) is 0 Å². The van der Waals surface area contributed by atoms with Crippen molar-refractivity contribution in [2.45, 2.75) is 12.5 Å². The molecule has 7 nitrogen and oxygen atoms in total. The lowest BCUT2D eigenvalue weighted by Crippen LogP contribution is -2.40.